The van der Waals surface area contributed by atoms with Crippen LogP contribution < -0.4 is 10.1 Å². The number of ketones is 1. The molecule has 1 aliphatic carbocycles. The molecule has 7 heteroatoms. The summed E-state index contributed by atoms with van der Waals surface area (Å²) in [6.07, 6.45) is 5.27. The minimum atomic E-state index is -0.968. The highest BCUT2D eigenvalue weighted by Gasteiger charge is 2.32. The summed E-state index contributed by atoms with van der Waals surface area (Å²) < 4.78 is 19.6. The van der Waals surface area contributed by atoms with Crippen molar-refractivity contribution in [3.8, 4) is 17.2 Å². The number of phenolic OH excluding ortho intramolecular Hbond substituents is 1. The second kappa shape index (κ2) is 15.5. The smallest absolute Gasteiger partial charge is 0.255 e. The van der Waals surface area contributed by atoms with Crippen molar-refractivity contribution >= 4 is 11.7 Å². The molecular weight excluding hydrogens is 569 g/mol. The summed E-state index contributed by atoms with van der Waals surface area (Å²) >= 11 is 0. The summed E-state index contributed by atoms with van der Waals surface area (Å²) in [5, 5.41) is 24.8. The first-order valence-corrected chi connectivity index (χ1v) is 15.7. The van der Waals surface area contributed by atoms with E-state index in [1.165, 1.54) is 6.07 Å². The minimum Gasteiger partial charge on any atom is -0.507 e. The average Bonchev–Trinajstić information content (AvgIpc) is 3.05. The van der Waals surface area contributed by atoms with Crippen LogP contribution in [0.2, 0.25) is 0 Å². The third-order valence-corrected chi connectivity index (χ3v) is 8.73. The van der Waals surface area contributed by atoms with Crippen LogP contribution in [0.25, 0.3) is 0 Å². The SMILES string of the molecule is O=C(C[C@H](C[C@H](O)[C@H](Cc1ccccc1)NC(=O)c1ccc(F)cc1O)C1CCCCC1)c1cccc(Oc2ccccc2)c1. The van der Waals surface area contributed by atoms with Gasteiger partial charge in [-0.25, -0.2) is 4.39 Å². The number of aliphatic hydroxyl groups excluding tert-OH is 1. The van der Waals surface area contributed by atoms with Gasteiger partial charge in [0.2, 0.25) is 0 Å². The van der Waals surface area contributed by atoms with Gasteiger partial charge in [-0.2, -0.15) is 0 Å². The van der Waals surface area contributed by atoms with Crippen LogP contribution in [0.15, 0.2) is 103 Å². The Kier molecular flexibility index (Phi) is 11.0. The van der Waals surface area contributed by atoms with Gasteiger partial charge in [0.25, 0.3) is 5.91 Å². The average molecular weight is 610 g/mol. The number of hydrogen-bond donors (Lipinski definition) is 3. The molecule has 0 aliphatic heterocycles. The predicted octanol–water partition coefficient (Wildman–Crippen LogP) is 7.89. The van der Waals surface area contributed by atoms with Crippen LogP contribution >= 0.6 is 0 Å². The summed E-state index contributed by atoms with van der Waals surface area (Å²) in [5.74, 6) is -0.297. The molecule has 0 unspecified atom stereocenters. The zero-order valence-corrected chi connectivity index (χ0v) is 25.3. The number of aromatic hydroxyl groups is 1. The molecule has 0 aromatic heterocycles. The zero-order valence-electron chi connectivity index (χ0n) is 25.3. The third kappa shape index (κ3) is 9.02. The van der Waals surface area contributed by atoms with Crippen LogP contribution in [0.3, 0.4) is 0 Å². The van der Waals surface area contributed by atoms with Crippen molar-refractivity contribution in [1.29, 1.82) is 0 Å². The first-order valence-electron chi connectivity index (χ1n) is 15.7. The van der Waals surface area contributed by atoms with Crippen molar-refractivity contribution in [2.75, 3.05) is 0 Å². The Hall–Kier alpha value is -4.49. The van der Waals surface area contributed by atoms with Gasteiger partial charge in [-0.05, 0) is 66.6 Å². The molecule has 3 atom stereocenters. The van der Waals surface area contributed by atoms with Gasteiger partial charge in [-0.15, -0.1) is 0 Å². The Morgan fingerprint density at radius 1 is 0.844 bits per heavy atom. The van der Waals surface area contributed by atoms with E-state index in [0.29, 0.717) is 29.9 Å². The molecule has 45 heavy (non-hydrogen) atoms. The molecule has 0 spiro atoms. The van der Waals surface area contributed by atoms with Crippen LogP contribution in [0.5, 0.6) is 17.2 Å². The number of para-hydroxylation sites is 1. The Balaban J connectivity index is 1.34. The van der Waals surface area contributed by atoms with Crippen LogP contribution in [-0.2, 0) is 6.42 Å². The van der Waals surface area contributed by atoms with Gasteiger partial charge in [0.1, 0.15) is 23.1 Å². The van der Waals surface area contributed by atoms with E-state index in [4.69, 9.17) is 4.74 Å². The lowest BCUT2D eigenvalue weighted by atomic mass is 9.74. The molecule has 1 amide bonds. The van der Waals surface area contributed by atoms with E-state index < -0.39 is 29.6 Å². The molecular formula is C38H40FNO5. The standard InChI is InChI=1S/C38H40FNO5/c39-30-19-20-33(36(42)25-30)38(44)40-34(21-26-11-4-1-5-12-26)37(43)24-29(27-13-6-2-7-14-27)23-35(41)28-15-10-18-32(22-28)45-31-16-8-3-9-17-31/h1,3-5,8-12,15-20,22,25,27,29,34,37,42-43H,2,6-7,13-14,21,23-24H2,(H,40,44)/t29-,34+,37+/m1/s1. The van der Waals surface area contributed by atoms with Gasteiger partial charge in [0.15, 0.2) is 5.78 Å². The lowest BCUT2D eigenvalue weighted by Crippen LogP contribution is -2.46. The zero-order chi connectivity index (χ0) is 31.6. The molecule has 0 bridgehead atoms. The maximum absolute atomic E-state index is 13.7. The second-order valence-corrected chi connectivity index (χ2v) is 12.0. The third-order valence-electron chi connectivity index (χ3n) is 8.73. The Labute approximate surface area is 263 Å². The van der Waals surface area contributed by atoms with Crippen molar-refractivity contribution in [1.82, 2.24) is 5.32 Å². The van der Waals surface area contributed by atoms with Crippen molar-refractivity contribution < 1.29 is 28.9 Å². The molecule has 0 saturated heterocycles. The summed E-state index contributed by atoms with van der Waals surface area (Å²) in [6, 6.07) is 28.7. The fourth-order valence-electron chi connectivity index (χ4n) is 6.33. The number of amides is 1. The highest BCUT2D eigenvalue weighted by molar-refractivity contribution is 5.97. The fraction of sp³-hybridized carbons (Fsp3) is 0.316. The molecule has 5 rings (SSSR count). The van der Waals surface area contributed by atoms with E-state index in [9.17, 15) is 24.2 Å². The van der Waals surface area contributed by atoms with Crippen LogP contribution in [0.4, 0.5) is 4.39 Å². The Bertz CT molecular complexity index is 1560. The number of carbonyl (C=O) groups excluding carboxylic acids is 2. The lowest BCUT2D eigenvalue weighted by molar-refractivity contribution is 0.0625. The first kappa shape index (κ1) is 31.9. The lowest BCUT2D eigenvalue weighted by Gasteiger charge is -2.34. The van der Waals surface area contributed by atoms with Crippen molar-refractivity contribution in [2.24, 2.45) is 11.8 Å². The predicted molar refractivity (Wildman–Crippen MR) is 172 cm³/mol. The molecule has 4 aromatic rings. The van der Waals surface area contributed by atoms with E-state index >= 15 is 0 Å². The van der Waals surface area contributed by atoms with Gasteiger partial charge < -0.3 is 20.3 Å². The van der Waals surface area contributed by atoms with Gasteiger partial charge in [-0.1, -0.05) is 92.8 Å². The molecule has 0 heterocycles. The number of hydrogen-bond acceptors (Lipinski definition) is 5. The van der Waals surface area contributed by atoms with Crippen molar-refractivity contribution in [3.05, 3.63) is 126 Å². The summed E-state index contributed by atoms with van der Waals surface area (Å²) in [4.78, 5) is 26.9. The fourth-order valence-corrected chi connectivity index (χ4v) is 6.33. The second-order valence-electron chi connectivity index (χ2n) is 12.0. The van der Waals surface area contributed by atoms with Crippen molar-refractivity contribution in [2.45, 2.75) is 63.5 Å². The quantitative estimate of drug-likeness (QED) is 0.134. The number of phenols is 1. The van der Waals surface area contributed by atoms with Gasteiger partial charge in [-0.3, -0.25) is 9.59 Å². The number of ether oxygens (including phenoxy) is 1. The monoisotopic (exact) mass is 609 g/mol. The molecule has 4 aromatic carbocycles. The first-order chi connectivity index (χ1) is 21.9. The van der Waals surface area contributed by atoms with Gasteiger partial charge in [0, 0.05) is 18.1 Å². The van der Waals surface area contributed by atoms with E-state index in [0.717, 1.165) is 49.8 Å². The molecule has 0 radical (unpaired) electrons. The number of carbonyl (C=O) groups is 2. The topological polar surface area (TPSA) is 95.9 Å². The molecule has 234 valence electrons. The van der Waals surface area contributed by atoms with Gasteiger partial charge in [0.05, 0.1) is 17.7 Å². The summed E-state index contributed by atoms with van der Waals surface area (Å²) in [7, 11) is 0. The van der Waals surface area contributed by atoms with Crippen molar-refractivity contribution in [3.63, 3.8) is 0 Å². The highest BCUT2D eigenvalue weighted by Crippen LogP contribution is 2.36. The minimum absolute atomic E-state index is 0.0174. The molecule has 6 nitrogen and oxygen atoms in total. The van der Waals surface area contributed by atoms with E-state index in [-0.39, 0.29) is 29.6 Å². The van der Waals surface area contributed by atoms with Gasteiger partial charge >= 0.3 is 0 Å². The molecule has 3 N–H and O–H groups in total. The number of aliphatic hydroxyl groups is 1. The number of nitrogens with one attached hydrogen (secondary N) is 1. The van der Waals surface area contributed by atoms with Crippen LogP contribution in [0.1, 0.15) is 71.2 Å². The molecule has 1 fully saturated rings. The molecule has 1 aliphatic rings. The van der Waals surface area contributed by atoms with Crippen LogP contribution in [-0.4, -0.2) is 34.0 Å². The number of benzene rings is 4. The Morgan fingerprint density at radius 2 is 1.53 bits per heavy atom. The highest BCUT2D eigenvalue weighted by atomic mass is 19.1. The van der Waals surface area contributed by atoms with E-state index in [1.807, 2.05) is 72.8 Å². The van der Waals surface area contributed by atoms with E-state index in [1.54, 1.807) is 12.1 Å². The largest absolute Gasteiger partial charge is 0.507 e. The number of Topliss-reactive ketones (excluding diaryl/α,β-unsaturated/α-hetero) is 1. The maximum Gasteiger partial charge on any atom is 0.255 e. The maximum atomic E-state index is 13.7. The number of halogens is 1. The Morgan fingerprint density at radius 3 is 2.24 bits per heavy atom. The summed E-state index contributed by atoms with van der Waals surface area (Å²) in [6.45, 7) is 0. The van der Waals surface area contributed by atoms with Crippen LogP contribution in [0, 0.1) is 17.7 Å². The van der Waals surface area contributed by atoms with E-state index in [2.05, 4.69) is 5.32 Å². The molecule has 1 saturated carbocycles. The number of rotatable bonds is 13. The summed E-state index contributed by atoms with van der Waals surface area (Å²) in [5.41, 5.74) is 1.41. The normalized spacial score (nSPS) is 15.5.